The molecule has 0 N–H and O–H groups in total. The second-order valence-corrected chi connectivity index (χ2v) is 5.77. The number of nitrogens with zero attached hydrogens (tertiary/aromatic N) is 3. The summed E-state index contributed by atoms with van der Waals surface area (Å²) in [5.74, 6) is 0. The molecule has 0 aliphatic carbocycles. The number of nitriles is 1. The van der Waals surface area contributed by atoms with Crippen molar-refractivity contribution < 1.29 is 25.6 Å². The van der Waals surface area contributed by atoms with Crippen molar-refractivity contribution in [1.82, 2.24) is 4.57 Å². The predicted molar refractivity (Wildman–Crippen MR) is 102 cm³/mol. The van der Waals surface area contributed by atoms with E-state index in [1.165, 1.54) is 0 Å². The molecule has 0 atom stereocenters. The Bertz CT molecular complexity index is 1010. The van der Waals surface area contributed by atoms with Gasteiger partial charge in [-0.1, -0.05) is 42.5 Å². The zero-order valence-electron chi connectivity index (χ0n) is 14.2. The first-order chi connectivity index (χ1) is 12.8. The second-order valence-electron chi connectivity index (χ2n) is 5.33. The van der Waals surface area contributed by atoms with E-state index >= 15 is 0 Å². The summed E-state index contributed by atoms with van der Waals surface area (Å²) in [5.41, 5.74) is 2.63. The van der Waals surface area contributed by atoms with Gasteiger partial charge < -0.3 is 21.8 Å². The zero-order chi connectivity index (χ0) is 18.2. The van der Waals surface area contributed by atoms with E-state index in [0.29, 0.717) is 5.56 Å². The van der Waals surface area contributed by atoms with Crippen molar-refractivity contribution in [1.29, 1.82) is 5.26 Å². The van der Waals surface area contributed by atoms with Gasteiger partial charge in [0.25, 0.3) is 6.33 Å². The van der Waals surface area contributed by atoms with E-state index in [1.807, 2.05) is 94.3 Å². The maximum atomic E-state index is 8.29. The first-order valence-corrected chi connectivity index (χ1v) is 8.40. The van der Waals surface area contributed by atoms with Crippen LogP contribution >= 0.6 is 0 Å². The second kappa shape index (κ2) is 10.4. The van der Waals surface area contributed by atoms with Crippen LogP contribution in [0, 0.1) is 23.7 Å². The van der Waals surface area contributed by atoms with Crippen molar-refractivity contribution in [2.24, 2.45) is 0 Å². The Hall–Kier alpha value is -2.73. The molecule has 0 saturated heterocycles. The summed E-state index contributed by atoms with van der Waals surface area (Å²) < 4.78 is 3.78. The van der Waals surface area contributed by atoms with Gasteiger partial charge in [0.05, 0.1) is 11.6 Å². The Kier molecular flexibility index (Phi) is 7.95. The van der Waals surface area contributed by atoms with Crippen molar-refractivity contribution in [3.63, 3.8) is 0 Å². The van der Waals surface area contributed by atoms with E-state index in [-0.39, 0.29) is 21.1 Å². The number of benzene rings is 3. The Labute approximate surface area is 179 Å². The molecule has 1 aromatic heterocycles. The molecule has 0 unspecified atom stereocenters. The smallest absolute Gasteiger partial charge is 0.267 e. The zero-order valence-corrected chi connectivity index (χ0v) is 17.3. The van der Waals surface area contributed by atoms with Gasteiger partial charge in [0, 0.05) is 39.1 Å². The van der Waals surface area contributed by atoms with Gasteiger partial charge in [0.1, 0.15) is 0 Å². The van der Waals surface area contributed by atoms with E-state index in [1.54, 1.807) is 12.1 Å². The summed E-state index contributed by atoms with van der Waals surface area (Å²) in [5, 5.41) is 8.29. The average Bonchev–Trinajstić information content (AvgIpc) is 3.20. The summed E-state index contributed by atoms with van der Waals surface area (Å²) in [4.78, 5) is 0.813. The number of hydrogen-bond acceptors (Lipinski definition) is 2. The van der Waals surface area contributed by atoms with Gasteiger partial charge >= 0.3 is 0 Å². The number of para-hydroxylation sites is 2. The van der Waals surface area contributed by atoms with Crippen LogP contribution in [0.5, 0.6) is 0 Å². The van der Waals surface area contributed by atoms with Crippen molar-refractivity contribution in [3.05, 3.63) is 109 Å². The molecular weight excluding hydrogens is 533 g/mol. The van der Waals surface area contributed by atoms with E-state index in [4.69, 9.17) is 17.9 Å². The molecule has 0 aliphatic heterocycles. The van der Waals surface area contributed by atoms with Crippen LogP contribution in [0.3, 0.4) is 0 Å². The fourth-order valence-electron chi connectivity index (χ4n) is 2.29. The quantitative estimate of drug-likeness (QED) is 0.217. The molecule has 1 heterocycles. The molecule has 0 amide bonds. The van der Waals surface area contributed by atoms with Crippen LogP contribution in [-0.2, 0) is 33.7 Å². The fraction of sp³-hybridized carbons (Fsp3) is 0. The molecule has 3 nitrogen and oxygen atoms in total. The third-order valence-corrected chi connectivity index (χ3v) is 3.91. The molecule has 27 heavy (non-hydrogen) atoms. The van der Waals surface area contributed by atoms with E-state index in [0.717, 1.165) is 16.3 Å². The Morgan fingerprint density at radius 1 is 0.926 bits per heavy atom. The Morgan fingerprint density at radius 3 is 2.26 bits per heavy atom. The Balaban J connectivity index is 0.000000247. The van der Waals surface area contributed by atoms with Gasteiger partial charge in [-0.05, 0) is 17.8 Å². The molecule has 0 fully saturated rings. The average molecular weight is 549 g/mol. The van der Waals surface area contributed by atoms with Gasteiger partial charge in [-0.25, -0.2) is 0 Å². The standard InChI is InChI=1S/C15H11N2S.C7H5N.Pt/c18-15-9-5-4-8-14(15)17-11-10-16(12-17)13-6-2-1-3-7-13;8-6-7-4-2-1-3-5-7;/h1-6,8-11,18H;1-5H;/q-1;;/p-1. The number of imidazole rings is 1. The molecule has 0 saturated carbocycles. The largest absolute Gasteiger partial charge is 0.784 e. The van der Waals surface area contributed by atoms with Gasteiger partial charge in [-0.3, -0.25) is 0 Å². The van der Waals surface area contributed by atoms with Crippen LogP contribution in [0.15, 0.2) is 96.2 Å². The Morgan fingerprint density at radius 2 is 1.63 bits per heavy atom. The van der Waals surface area contributed by atoms with Crippen LogP contribution in [0.4, 0.5) is 0 Å². The molecule has 3 aromatic carbocycles. The first kappa shape index (κ1) is 20.6. The summed E-state index contributed by atoms with van der Waals surface area (Å²) in [6.07, 6.45) is 7.10. The maximum Gasteiger partial charge on any atom is 0.267 e. The fourth-order valence-corrected chi connectivity index (χ4v) is 2.53. The van der Waals surface area contributed by atoms with E-state index < -0.39 is 0 Å². The van der Waals surface area contributed by atoms with Crippen LogP contribution < -0.4 is 4.57 Å². The molecule has 0 bridgehead atoms. The third-order valence-electron chi connectivity index (χ3n) is 3.56. The van der Waals surface area contributed by atoms with Crippen molar-refractivity contribution in [2.45, 2.75) is 4.90 Å². The van der Waals surface area contributed by atoms with Crippen molar-refractivity contribution >= 4 is 12.6 Å². The monoisotopic (exact) mass is 548 g/mol. The normalized spacial score (nSPS) is 9.30. The summed E-state index contributed by atoms with van der Waals surface area (Å²) in [7, 11) is 0. The predicted octanol–water partition coefficient (Wildman–Crippen LogP) is 3.82. The minimum atomic E-state index is 0. The first-order valence-electron chi connectivity index (χ1n) is 7.99. The molecule has 5 heteroatoms. The van der Waals surface area contributed by atoms with Gasteiger partial charge in [-0.15, -0.1) is 0 Å². The summed E-state index contributed by atoms with van der Waals surface area (Å²) >= 11 is 5.30. The van der Waals surface area contributed by atoms with E-state index in [9.17, 15) is 0 Å². The molecule has 0 radical (unpaired) electrons. The minimum Gasteiger partial charge on any atom is -0.784 e. The number of aromatic nitrogens is 2. The molecule has 4 rings (SSSR count). The van der Waals surface area contributed by atoms with Crippen molar-refractivity contribution in [3.8, 4) is 17.4 Å². The summed E-state index contributed by atoms with van der Waals surface area (Å²) in [6.45, 7) is 0. The van der Waals surface area contributed by atoms with Crippen molar-refractivity contribution in [2.75, 3.05) is 0 Å². The number of hydrogen-bond donors (Lipinski definition) is 0. The molecule has 136 valence electrons. The van der Waals surface area contributed by atoms with Gasteiger partial charge in [0.2, 0.25) is 0 Å². The maximum absolute atomic E-state index is 8.29. The van der Waals surface area contributed by atoms with Gasteiger partial charge in [-0.2, -0.15) is 40.5 Å². The summed E-state index contributed by atoms with van der Waals surface area (Å²) in [6, 6.07) is 29.9. The van der Waals surface area contributed by atoms with Crippen LogP contribution in [0.1, 0.15) is 5.56 Å². The van der Waals surface area contributed by atoms with Crippen LogP contribution in [0.25, 0.3) is 11.4 Å². The molecule has 0 aliphatic rings. The molecular formula is C22H15N3PtS-2. The molecule has 4 aromatic rings. The van der Waals surface area contributed by atoms with Gasteiger partial charge in [0.15, 0.2) is 0 Å². The number of rotatable bonds is 2. The molecule has 0 spiro atoms. The third kappa shape index (κ3) is 5.62. The van der Waals surface area contributed by atoms with E-state index in [2.05, 4.69) is 12.4 Å². The SMILES string of the molecule is N#Cc1ccccc1.[Pt].[S-]c1ccccc1-[n+]1[c-]n(-c2[c-]cccc2)cc1. The van der Waals surface area contributed by atoms with Crippen LogP contribution in [-0.4, -0.2) is 4.57 Å². The van der Waals surface area contributed by atoms with Crippen LogP contribution in [0.2, 0.25) is 0 Å². The topological polar surface area (TPSA) is 32.6 Å². The minimum absolute atomic E-state index is 0.